The zero-order chi connectivity index (χ0) is 25.3. The molecule has 1 N–H and O–H groups in total. The van der Waals surface area contributed by atoms with Crippen LogP contribution in [0.2, 0.25) is 0 Å². The zero-order valence-corrected chi connectivity index (χ0v) is 20.7. The quantitative estimate of drug-likeness (QED) is 0.502. The van der Waals surface area contributed by atoms with Gasteiger partial charge in [-0.1, -0.05) is 18.2 Å². The van der Waals surface area contributed by atoms with E-state index in [0.717, 1.165) is 29.6 Å². The second-order valence-corrected chi connectivity index (χ2v) is 10.2. The van der Waals surface area contributed by atoms with Gasteiger partial charge in [0.05, 0.1) is 30.3 Å². The van der Waals surface area contributed by atoms with Gasteiger partial charge in [0.15, 0.2) is 0 Å². The fraction of sp³-hybridized carbons (Fsp3) is 0.370. The lowest BCUT2D eigenvalue weighted by Gasteiger charge is -2.49. The van der Waals surface area contributed by atoms with Crippen LogP contribution >= 0.6 is 11.3 Å². The Labute approximate surface area is 212 Å². The van der Waals surface area contributed by atoms with Crippen LogP contribution in [0.5, 0.6) is 5.75 Å². The zero-order valence-electron chi connectivity index (χ0n) is 19.9. The van der Waals surface area contributed by atoms with Crippen LogP contribution < -0.4 is 19.9 Å². The molecule has 36 heavy (non-hydrogen) atoms. The topological polar surface area (TPSA) is 44.8 Å². The van der Waals surface area contributed by atoms with Crippen LogP contribution in [0.1, 0.15) is 16.0 Å². The van der Waals surface area contributed by atoms with E-state index in [-0.39, 0.29) is 18.4 Å². The third-order valence-corrected chi connectivity index (χ3v) is 7.99. The number of fused-ring (bicyclic) bond motifs is 3. The largest absolute Gasteiger partial charge is 0.495 e. The van der Waals surface area contributed by atoms with Gasteiger partial charge in [0.2, 0.25) is 5.91 Å². The minimum atomic E-state index is -4.42. The molecule has 5 rings (SSSR count). The molecule has 3 aromatic rings. The number of hydrogen-bond acceptors (Lipinski definition) is 5. The van der Waals surface area contributed by atoms with Crippen molar-refractivity contribution >= 4 is 28.6 Å². The first kappa shape index (κ1) is 24.5. The van der Waals surface area contributed by atoms with Gasteiger partial charge < -0.3 is 19.9 Å². The van der Waals surface area contributed by atoms with Crippen molar-refractivity contribution in [3.05, 3.63) is 76.0 Å². The second kappa shape index (κ2) is 10.0. The van der Waals surface area contributed by atoms with Gasteiger partial charge in [-0.3, -0.25) is 4.79 Å². The first-order chi connectivity index (χ1) is 17.3. The third kappa shape index (κ3) is 4.89. The minimum absolute atomic E-state index is 0.119. The molecule has 1 amide bonds. The molecule has 1 saturated heterocycles. The van der Waals surface area contributed by atoms with E-state index in [1.165, 1.54) is 10.9 Å². The Kier molecular flexibility index (Phi) is 6.83. The van der Waals surface area contributed by atoms with Crippen LogP contribution in [0.4, 0.5) is 24.5 Å². The third-order valence-electron chi connectivity index (χ3n) is 7.05. The molecule has 2 aliphatic heterocycles. The van der Waals surface area contributed by atoms with Gasteiger partial charge in [0.25, 0.3) is 0 Å². The summed E-state index contributed by atoms with van der Waals surface area (Å²) in [5.74, 6) is 0.169. The highest BCUT2D eigenvalue weighted by molar-refractivity contribution is 7.09. The molecule has 1 fully saturated rings. The minimum Gasteiger partial charge on any atom is -0.495 e. The highest BCUT2D eigenvalue weighted by Crippen LogP contribution is 2.41. The van der Waals surface area contributed by atoms with Crippen molar-refractivity contribution in [1.29, 1.82) is 0 Å². The van der Waals surface area contributed by atoms with Crippen molar-refractivity contribution in [2.45, 2.75) is 25.1 Å². The number of alkyl halides is 3. The molecular formula is C27H28F3N3O2S. The summed E-state index contributed by atoms with van der Waals surface area (Å²) in [5, 5.41) is 5.05. The molecule has 3 heterocycles. The number of para-hydroxylation sites is 2. The van der Waals surface area contributed by atoms with Gasteiger partial charge >= 0.3 is 6.18 Å². The number of nitrogens with one attached hydrogen (secondary N) is 1. The molecule has 0 unspecified atom stereocenters. The van der Waals surface area contributed by atoms with Crippen molar-refractivity contribution < 1.29 is 22.7 Å². The molecule has 0 bridgehead atoms. The number of amides is 1. The Morgan fingerprint density at radius 2 is 1.94 bits per heavy atom. The summed E-state index contributed by atoms with van der Waals surface area (Å²) in [4.78, 5) is 18.9. The number of anilines is 2. The van der Waals surface area contributed by atoms with Crippen LogP contribution in [0.3, 0.4) is 0 Å². The number of thiophene rings is 1. The normalized spacial score (nSPS) is 19.4. The molecule has 190 valence electrons. The number of methoxy groups -OCH3 is 1. The number of piperazine rings is 1. The Balaban J connectivity index is 1.42. The van der Waals surface area contributed by atoms with Gasteiger partial charge in [-0.15, -0.1) is 11.3 Å². The molecule has 2 aromatic carbocycles. The summed E-state index contributed by atoms with van der Waals surface area (Å²) < 4.78 is 45.9. The average molecular weight is 516 g/mol. The van der Waals surface area contributed by atoms with Crippen molar-refractivity contribution in [3.8, 4) is 5.75 Å². The fourth-order valence-electron chi connectivity index (χ4n) is 5.30. The van der Waals surface area contributed by atoms with Crippen LogP contribution in [0, 0.1) is 5.92 Å². The number of carbonyl (C=O) groups is 1. The van der Waals surface area contributed by atoms with E-state index >= 15 is 0 Å². The van der Waals surface area contributed by atoms with E-state index in [0.29, 0.717) is 31.7 Å². The molecule has 0 aliphatic carbocycles. The van der Waals surface area contributed by atoms with E-state index in [1.54, 1.807) is 24.5 Å². The van der Waals surface area contributed by atoms with Crippen LogP contribution in [0.15, 0.2) is 60.0 Å². The van der Waals surface area contributed by atoms with Gasteiger partial charge in [-0.25, -0.2) is 0 Å². The van der Waals surface area contributed by atoms with E-state index in [4.69, 9.17) is 4.74 Å². The monoisotopic (exact) mass is 515 g/mol. The first-order valence-corrected chi connectivity index (χ1v) is 12.9. The lowest BCUT2D eigenvalue weighted by molar-refractivity contribution is -0.137. The number of hydrogen-bond donors (Lipinski definition) is 1. The summed E-state index contributed by atoms with van der Waals surface area (Å²) in [6.07, 6.45) is -3.43. The molecule has 9 heteroatoms. The van der Waals surface area contributed by atoms with Crippen molar-refractivity contribution in [3.63, 3.8) is 0 Å². The highest BCUT2D eigenvalue weighted by atomic mass is 32.1. The lowest BCUT2D eigenvalue weighted by atomic mass is 9.82. The molecule has 0 saturated carbocycles. The SMILES string of the molecule is COc1ccccc1N1CCN2c3ccc(C(F)(F)F)cc3C[C@@H](C(=O)NCCc3cccs3)[C@H]2C1. The maximum absolute atomic E-state index is 13.4. The first-order valence-electron chi connectivity index (χ1n) is 12.0. The van der Waals surface area contributed by atoms with Gasteiger partial charge in [0, 0.05) is 36.7 Å². The van der Waals surface area contributed by atoms with E-state index in [1.807, 2.05) is 41.8 Å². The van der Waals surface area contributed by atoms with Crippen molar-refractivity contribution in [1.82, 2.24) is 5.32 Å². The molecule has 2 aliphatic rings. The molecule has 5 nitrogen and oxygen atoms in total. The predicted molar refractivity (Wildman–Crippen MR) is 136 cm³/mol. The maximum Gasteiger partial charge on any atom is 0.416 e. The predicted octanol–water partition coefficient (Wildman–Crippen LogP) is 5.00. The Hall–Kier alpha value is -3.20. The highest BCUT2D eigenvalue weighted by Gasteiger charge is 2.43. The Bertz CT molecular complexity index is 1220. The smallest absolute Gasteiger partial charge is 0.416 e. The van der Waals surface area contributed by atoms with Crippen molar-refractivity contribution in [2.75, 3.05) is 43.1 Å². The van der Waals surface area contributed by atoms with E-state index in [9.17, 15) is 18.0 Å². The molecular weight excluding hydrogens is 487 g/mol. The van der Waals surface area contributed by atoms with E-state index in [2.05, 4.69) is 15.1 Å². The fourth-order valence-corrected chi connectivity index (χ4v) is 6.01. The second-order valence-electron chi connectivity index (χ2n) is 9.15. The summed E-state index contributed by atoms with van der Waals surface area (Å²) in [5.41, 5.74) is 1.64. The molecule has 1 aromatic heterocycles. The summed E-state index contributed by atoms with van der Waals surface area (Å²) >= 11 is 1.64. The Morgan fingerprint density at radius 1 is 1.11 bits per heavy atom. The maximum atomic E-state index is 13.4. The number of halogens is 3. The summed E-state index contributed by atoms with van der Waals surface area (Å²) in [6.45, 7) is 2.34. The van der Waals surface area contributed by atoms with Gasteiger partial charge in [-0.2, -0.15) is 13.2 Å². The van der Waals surface area contributed by atoms with Crippen molar-refractivity contribution in [2.24, 2.45) is 5.92 Å². The van der Waals surface area contributed by atoms with E-state index < -0.39 is 17.7 Å². The number of nitrogens with zero attached hydrogens (tertiary/aromatic N) is 2. The van der Waals surface area contributed by atoms with Crippen LogP contribution in [0.25, 0.3) is 0 Å². The van der Waals surface area contributed by atoms with Gasteiger partial charge in [0.1, 0.15) is 5.75 Å². The number of rotatable bonds is 6. The standard InChI is InChI=1S/C27H28F3N3O2S/c1-35-25-7-3-2-6-23(25)32-12-13-33-22-9-8-19(27(28,29)30)15-18(22)16-21(24(33)17-32)26(34)31-11-10-20-5-4-14-36-20/h2-9,14-15,21,24H,10-13,16-17H2,1H3,(H,31,34)/t21-,24-/m1/s1. The molecule has 2 atom stereocenters. The average Bonchev–Trinajstić information content (AvgIpc) is 3.40. The Morgan fingerprint density at radius 3 is 2.69 bits per heavy atom. The number of ether oxygens (including phenoxy) is 1. The van der Waals surface area contributed by atoms with Crippen LogP contribution in [-0.4, -0.2) is 45.2 Å². The lowest BCUT2D eigenvalue weighted by Crippen LogP contribution is -2.61. The molecule has 0 spiro atoms. The number of carbonyl (C=O) groups excluding carboxylic acids is 1. The van der Waals surface area contributed by atoms with Crippen LogP contribution in [-0.2, 0) is 23.8 Å². The molecule has 0 radical (unpaired) electrons. The summed E-state index contributed by atoms with van der Waals surface area (Å²) in [6, 6.07) is 15.5. The summed E-state index contributed by atoms with van der Waals surface area (Å²) in [7, 11) is 1.63. The van der Waals surface area contributed by atoms with Gasteiger partial charge in [-0.05, 0) is 60.2 Å². The number of benzene rings is 2.